The molecule has 26 heavy (non-hydrogen) atoms. The molecule has 0 saturated carbocycles. The molecule has 0 saturated heterocycles. The van der Waals surface area contributed by atoms with Crippen molar-refractivity contribution in [1.82, 2.24) is 5.32 Å². The zero-order valence-electron chi connectivity index (χ0n) is 14.6. The van der Waals surface area contributed by atoms with Gasteiger partial charge in [-0.25, -0.2) is 0 Å². The van der Waals surface area contributed by atoms with Crippen molar-refractivity contribution in [3.8, 4) is 11.5 Å². The standard InChI is InChI=1S/C19H21Cl2NO3S/c1-13(25-18-6-4-3-5-17(18)24-2)19(23)22-9-10-26-12-14-7-8-15(20)16(21)11-14/h3-8,11,13H,9-10,12H2,1-2H3,(H,22,23)/t13-/m1/s1. The Morgan fingerprint density at radius 3 is 2.58 bits per heavy atom. The van der Waals surface area contributed by atoms with Crippen molar-refractivity contribution < 1.29 is 14.3 Å². The molecule has 1 atom stereocenters. The van der Waals surface area contributed by atoms with Crippen molar-refractivity contribution in [3.63, 3.8) is 0 Å². The number of hydrogen-bond donors (Lipinski definition) is 1. The van der Waals surface area contributed by atoms with Gasteiger partial charge in [-0.15, -0.1) is 0 Å². The first-order valence-corrected chi connectivity index (χ1v) is 10.0. The minimum atomic E-state index is -0.605. The molecule has 1 amide bonds. The number of para-hydroxylation sites is 2. The first-order valence-electron chi connectivity index (χ1n) is 8.10. The Labute approximate surface area is 168 Å². The number of amides is 1. The second-order valence-corrected chi connectivity index (χ2v) is 7.42. The zero-order valence-corrected chi connectivity index (χ0v) is 17.0. The summed E-state index contributed by atoms with van der Waals surface area (Å²) in [6.07, 6.45) is -0.605. The Balaban J connectivity index is 1.70. The van der Waals surface area contributed by atoms with Crippen LogP contribution in [0.1, 0.15) is 12.5 Å². The largest absolute Gasteiger partial charge is 0.493 e. The predicted octanol–water partition coefficient (Wildman–Crippen LogP) is 4.82. The number of nitrogens with one attached hydrogen (secondary N) is 1. The summed E-state index contributed by atoms with van der Waals surface area (Å²) in [5.74, 6) is 2.58. The maximum atomic E-state index is 12.1. The molecule has 0 fully saturated rings. The van der Waals surface area contributed by atoms with Gasteiger partial charge in [-0.05, 0) is 36.8 Å². The van der Waals surface area contributed by atoms with E-state index in [9.17, 15) is 4.79 Å². The fourth-order valence-electron chi connectivity index (χ4n) is 2.17. The molecule has 7 heteroatoms. The summed E-state index contributed by atoms with van der Waals surface area (Å²) in [5.41, 5.74) is 1.10. The molecule has 0 bridgehead atoms. The second-order valence-electron chi connectivity index (χ2n) is 5.50. The van der Waals surface area contributed by atoms with E-state index in [2.05, 4.69) is 5.32 Å². The number of methoxy groups -OCH3 is 1. The maximum absolute atomic E-state index is 12.1. The number of carbonyl (C=O) groups excluding carboxylic acids is 1. The topological polar surface area (TPSA) is 47.6 Å². The Bertz CT molecular complexity index is 742. The van der Waals surface area contributed by atoms with Crippen LogP contribution < -0.4 is 14.8 Å². The summed E-state index contributed by atoms with van der Waals surface area (Å²) in [7, 11) is 1.57. The highest BCUT2D eigenvalue weighted by Gasteiger charge is 2.16. The summed E-state index contributed by atoms with van der Waals surface area (Å²) in [5, 5.41) is 3.98. The van der Waals surface area contributed by atoms with E-state index >= 15 is 0 Å². The second kappa shape index (κ2) is 10.6. The quantitative estimate of drug-likeness (QED) is 0.598. The van der Waals surface area contributed by atoms with Gasteiger partial charge in [0.2, 0.25) is 0 Å². The lowest BCUT2D eigenvalue weighted by molar-refractivity contribution is -0.127. The molecular weight excluding hydrogens is 393 g/mol. The van der Waals surface area contributed by atoms with E-state index in [1.54, 1.807) is 44.0 Å². The number of benzene rings is 2. The van der Waals surface area contributed by atoms with Gasteiger partial charge in [0.1, 0.15) is 0 Å². The van der Waals surface area contributed by atoms with Gasteiger partial charge in [0.05, 0.1) is 17.2 Å². The molecule has 0 spiro atoms. The highest BCUT2D eigenvalue weighted by molar-refractivity contribution is 7.98. The SMILES string of the molecule is COc1ccccc1O[C@H](C)C(=O)NCCSCc1ccc(Cl)c(Cl)c1. The average molecular weight is 414 g/mol. The summed E-state index contributed by atoms with van der Waals surface area (Å²) in [6.45, 7) is 2.27. The van der Waals surface area contributed by atoms with Gasteiger partial charge in [0.15, 0.2) is 17.6 Å². The van der Waals surface area contributed by atoms with Crippen LogP contribution in [0.5, 0.6) is 11.5 Å². The van der Waals surface area contributed by atoms with Crippen LogP contribution in [0.4, 0.5) is 0 Å². The van der Waals surface area contributed by atoms with Gasteiger partial charge in [0, 0.05) is 18.1 Å². The van der Waals surface area contributed by atoms with Crippen LogP contribution in [0.2, 0.25) is 10.0 Å². The molecule has 0 unspecified atom stereocenters. The van der Waals surface area contributed by atoms with Crippen LogP contribution in [-0.4, -0.2) is 31.4 Å². The van der Waals surface area contributed by atoms with Crippen LogP contribution in [0.25, 0.3) is 0 Å². The van der Waals surface area contributed by atoms with Crippen molar-refractivity contribution in [2.75, 3.05) is 19.4 Å². The van der Waals surface area contributed by atoms with E-state index in [1.807, 2.05) is 24.3 Å². The Hall–Kier alpha value is -1.56. The van der Waals surface area contributed by atoms with Gasteiger partial charge in [-0.3, -0.25) is 4.79 Å². The number of thioether (sulfide) groups is 1. The van der Waals surface area contributed by atoms with Crippen LogP contribution in [0.3, 0.4) is 0 Å². The molecule has 0 aliphatic heterocycles. The van der Waals surface area contributed by atoms with E-state index in [-0.39, 0.29) is 5.91 Å². The van der Waals surface area contributed by atoms with Crippen molar-refractivity contribution in [2.24, 2.45) is 0 Å². The van der Waals surface area contributed by atoms with Gasteiger partial charge in [0.25, 0.3) is 5.91 Å². The fraction of sp³-hybridized carbons (Fsp3) is 0.316. The zero-order chi connectivity index (χ0) is 18.9. The smallest absolute Gasteiger partial charge is 0.260 e. The van der Waals surface area contributed by atoms with Gasteiger partial charge in [-0.1, -0.05) is 41.4 Å². The van der Waals surface area contributed by atoms with E-state index in [0.29, 0.717) is 28.1 Å². The molecule has 2 aromatic carbocycles. The Kier molecular flexibility index (Phi) is 8.42. The number of halogens is 2. The molecular formula is C19H21Cl2NO3S. The maximum Gasteiger partial charge on any atom is 0.260 e. The van der Waals surface area contributed by atoms with Crippen LogP contribution in [0, 0.1) is 0 Å². The normalized spacial score (nSPS) is 11.7. The van der Waals surface area contributed by atoms with E-state index in [1.165, 1.54) is 0 Å². The molecule has 4 nitrogen and oxygen atoms in total. The van der Waals surface area contributed by atoms with Crippen LogP contribution in [-0.2, 0) is 10.5 Å². The fourth-order valence-corrected chi connectivity index (χ4v) is 3.30. The molecule has 0 aromatic heterocycles. The van der Waals surface area contributed by atoms with Crippen LogP contribution in [0.15, 0.2) is 42.5 Å². The van der Waals surface area contributed by atoms with E-state index in [0.717, 1.165) is 17.1 Å². The Morgan fingerprint density at radius 1 is 1.15 bits per heavy atom. The molecule has 0 aliphatic carbocycles. The lowest BCUT2D eigenvalue weighted by Gasteiger charge is -2.16. The van der Waals surface area contributed by atoms with Crippen molar-refractivity contribution in [3.05, 3.63) is 58.1 Å². The minimum Gasteiger partial charge on any atom is -0.493 e. The van der Waals surface area contributed by atoms with Crippen LogP contribution >= 0.6 is 35.0 Å². The monoisotopic (exact) mass is 413 g/mol. The minimum absolute atomic E-state index is 0.161. The third-order valence-electron chi connectivity index (χ3n) is 3.54. The molecule has 2 aromatic rings. The molecule has 2 rings (SSSR count). The first kappa shape index (κ1) is 20.7. The van der Waals surface area contributed by atoms with Crippen molar-refractivity contribution >= 4 is 40.9 Å². The number of ether oxygens (including phenoxy) is 2. The third kappa shape index (κ3) is 6.31. The summed E-state index contributed by atoms with van der Waals surface area (Å²) < 4.78 is 10.9. The third-order valence-corrected chi connectivity index (χ3v) is 5.31. The average Bonchev–Trinajstić information content (AvgIpc) is 2.64. The van der Waals surface area contributed by atoms with Gasteiger partial charge < -0.3 is 14.8 Å². The van der Waals surface area contributed by atoms with Gasteiger partial charge >= 0.3 is 0 Å². The number of hydrogen-bond acceptors (Lipinski definition) is 4. The lowest BCUT2D eigenvalue weighted by atomic mass is 10.2. The first-order chi connectivity index (χ1) is 12.5. The van der Waals surface area contributed by atoms with Crippen molar-refractivity contribution in [1.29, 1.82) is 0 Å². The molecule has 0 heterocycles. The van der Waals surface area contributed by atoms with Gasteiger partial charge in [-0.2, -0.15) is 11.8 Å². The van der Waals surface area contributed by atoms with E-state index in [4.69, 9.17) is 32.7 Å². The predicted molar refractivity (Wildman–Crippen MR) is 109 cm³/mol. The Morgan fingerprint density at radius 2 is 1.88 bits per heavy atom. The summed E-state index contributed by atoms with van der Waals surface area (Å²) in [6, 6.07) is 12.8. The summed E-state index contributed by atoms with van der Waals surface area (Å²) >= 11 is 13.6. The number of carbonyl (C=O) groups is 1. The molecule has 0 radical (unpaired) electrons. The number of rotatable bonds is 9. The van der Waals surface area contributed by atoms with Crippen molar-refractivity contribution in [2.45, 2.75) is 18.8 Å². The summed E-state index contributed by atoms with van der Waals surface area (Å²) in [4.78, 5) is 12.1. The molecule has 1 N–H and O–H groups in total. The van der Waals surface area contributed by atoms with E-state index < -0.39 is 6.10 Å². The highest BCUT2D eigenvalue weighted by Crippen LogP contribution is 2.27. The molecule has 0 aliphatic rings. The highest BCUT2D eigenvalue weighted by atomic mass is 35.5. The lowest BCUT2D eigenvalue weighted by Crippen LogP contribution is -2.37. The molecule has 140 valence electrons.